The van der Waals surface area contributed by atoms with Gasteiger partial charge in [0.1, 0.15) is 0 Å². The minimum atomic E-state index is 0.479. The lowest BCUT2D eigenvalue weighted by molar-refractivity contribution is 0.804. The first-order chi connectivity index (χ1) is 8.66. The van der Waals surface area contributed by atoms with Crippen LogP contribution in [0.1, 0.15) is 24.0 Å². The molecular formula is C16H20N2. The third-order valence-electron chi connectivity index (χ3n) is 3.23. The molecule has 0 saturated heterocycles. The van der Waals surface area contributed by atoms with Gasteiger partial charge in [-0.05, 0) is 36.1 Å². The monoisotopic (exact) mass is 240 g/mol. The molecule has 94 valence electrons. The Morgan fingerprint density at radius 1 is 1.11 bits per heavy atom. The fraction of sp³-hybridized carbons (Fsp3) is 0.250. The molecule has 0 fully saturated rings. The van der Waals surface area contributed by atoms with Crippen LogP contribution in [0.2, 0.25) is 0 Å². The Hall–Kier alpha value is -1.96. The quantitative estimate of drug-likeness (QED) is 0.798. The molecule has 0 heterocycles. The highest BCUT2D eigenvalue weighted by atomic mass is 14.9. The number of anilines is 2. The van der Waals surface area contributed by atoms with Gasteiger partial charge in [0.15, 0.2) is 0 Å². The van der Waals surface area contributed by atoms with Crippen LogP contribution in [-0.4, -0.2) is 6.54 Å². The van der Waals surface area contributed by atoms with Crippen LogP contribution in [0.4, 0.5) is 11.4 Å². The molecule has 2 heteroatoms. The Kier molecular flexibility index (Phi) is 3.88. The van der Waals surface area contributed by atoms with Gasteiger partial charge in [0.2, 0.25) is 0 Å². The van der Waals surface area contributed by atoms with Crippen LogP contribution in [-0.2, 0) is 0 Å². The molecule has 0 saturated carbocycles. The van der Waals surface area contributed by atoms with Crippen molar-refractivity contribution < 1.29 is 0 Å². The maximum Gasteiger partial charge on any atom is 0.0390 e. The molecule has 0 aromatic heterocycles. The van der Waals surface area contributed by atoms with Crippen LogP contribution in [0.5, 0.6) is 0 Å². The summed E-state index contributed by atoms with van der Waals surface area (Å²) in [6.07, 6.45) is 0. The lowest BCUT2D eigenvalue weighted by Gasteiger charge is -2.15. The van der Waals surface area contributed by atoms with Crippen LogP contribution in [0.25, 0.3) is 0 Å². The average Bonchev–Trinajstić information content (AvgIpc) is 2.40. The molecular weight excluding hydrogens is 220 g/mol. The first-order valence-corrected chi connectivity index (χ1v) is 6.32. The largest absolute Gasteiger partial charge is 0.399 e. The second-order valence-electron chi connectivity index (χ2n) is 4.77. The van der Waals surface area contributed by atoms with E-state index in [4.69, 9.17) is 5.73 Å². The van der Waals surface area contributed by atoms with Crippen molar-refractivity contribution in [3.8, 4) is 0 Å². The summed E-state index contributed by atoms with van der Waals surface area (Å²) in [6.45, 7) is 5.23. The van der Waals surface area contributed by atoms with Crippen molar-refractivity contribution in [3.63, 3.8) is 0 Å². The topological polar surface area (TPSA) is 38.0 Å². The molecule has 0 radical (unpaired) electrons. The predicted octanol–water partition coefficient (Wildman–Crippen LogP) is 3.79. The van der Waals surface area contributed by atoms with Crippen LogP contribution in [0.3, 0.4) is 0 Å². The lowest BCUT2D eigenvalue weighted by atomic mass is 10.0. The SMILES string of the molecule is Cc1ccc(N)cc1NCC(C)c1ccccc1. The number of benzene rings is 2. The van der Waals surface area contributed by atoms with Gasteiger partial charge in [-0.1, -0.05) is 43.3 Å². The van der Waals surface area contributed by atoms with Gasteiger partial charge >= 0.3 is 0 Å². The first-order valence-electron chi connectivity index (χ1n) is 6.32. The predicted molar refractivity (Wildman–Crippen MR) is 78.9 cm³/mol. The Balaban J connectivity index is 2.01. The fourth-order valence-corrected chi connectivity index (χ4v) is 1.99. The Morgan fingerprint density at radius 3 is 2.56 bits per heavy atom. The van der Waals surface area contributed by atoms with Crippen LogP contribution in [0.15, 0.2) is 48.5 Å². The van der Waals surface area contributed by atoms with E-state index < -0.39 is 0 Å². The zero-order valence-electron chi connectivity index (χ0n) is 11.0. The Labute approximate surface area is 109 Å². The number of hydrogen-bond acceptors (Lipinski definition) is 2. The summed E-state index contributed by atoms with van der Waals surface area (Å²) in [5, 5.41) is 3.47. The second kappa shape index (κ2) is 5.58. The second-order valence-corrected chi connectivity index (χ2v) is 4.77. The maximum atomic E-state index is 5.80. The Morgan fingerprint density at radius 2 is 1.83 bits per heavy atom. The van der Waals surface area contributed by atoms with E-state index in [1.807, 2.05) is 24.3 Å². The van der Waals surface area contributed by atoms with E-state index in [0.29, 0.717) is 5.92 Å². The molecule has 0 aliphatic carbocycles. The van der Waals surface area contributed by atoms with Gasteiger partial charge in [-0.2, -0.15) is 0 Å². The number of nitrogens with one attached hydrogen (secondary N) is 1. The highest BCUT2D eigenvalue weighted by Gasteiger charge is 2.05. The molecule has 3 N–H and O–H groups in total. The molecule has 1 unspecified atom stereocenters. The van der Waals surface area contributed by atoms with Crippen molar-refractivity contribution in [1.82, 2.24) is 0 Å². The summed E-state index contributed by atoms with van der Waals surface area (Å²) in [7, 11) is 0. The number of nitrogen functional groups attached to an aromatic ring is 1. The van der Waals surface area contributed by atoms with E-state index >= 15 is 0 Å². The van der Waals surface area contributed by atoms with Gasteiger partial charge in [-0.15, -0.1) is 0 Å². The lowest BCUT2D eigenvalue weighted by Crippen LogP contribution is -2.10. The zero-order valence-corrected chi connectivity index (χ0v) is 11.0. The van der Waals surface area contributed by atoms with Crippen molar-refractivity contribution in [2.75, 3.05) is 17.6 Å². The number of nitrogens with two attached hydrogens (primary N) is 1. The minimum Gasteiger partial charge on any atom is -0.399 e. The summed E-state index contributed by atoms with van der Waals surface area (Å²) in [6, 6.07) is 16.5. The summed E-state index contributed by atoms with van der Waals surface area (Å²) >= 11 is 0. The third-order valence-corrected chi connectivity index (χ3v) is 3.23. The molecule has 0 aliphatic rings. The molecule has 2 aromatic rings. The van der Waals surface area contributed by atoms with Gasteiger partial charge in [-0.25, -0.2) is 0 Å². The maximum absolute atomic E-state index is 5.80. The normalized spacial score (nSPS) is 12.1. The molecule has 0 amide bonds. The summed E-state index contributed by atoms with van der Waals surface area (Å²) in [5.74, 6) is 0.479. The van der Waals surface area contributed by atoms with Gasteiger partial charge in [0.05, 0.1) is 0 Å². The summed E-state index contributed by atoms with van der Waals surface area (Å²) in [4.78, 5) is 0. The Bertz CT molecular complexity index is 506. The summed E-state index contributed by atoms with van der Waals surface area (Å²) < 4.78 is 0. The molecule has 0 spiro atoms. The third kappa shape index (κ3) is 3.04. The summed E-state index contributed by atoms with van der Waals surface area (Å²) in [5.41, 5.74) is 10.3. The molecule has 1 atom stereocenters. The standard InChI is InChI=1S/C16H20N2/c1-12-8-9-15(17)10-16(12)18-11-13(2)14-6-4-3-5-7-14/h3-10,13,18H,11,17H2,1-2H3. The van der Waals surface area contributed by atoms with E-state index in [2.05, 4.69) is 43.4 Å². The van der Waals surface area contributed by atoms with Crippen LogP contribution in [0, 0.1) is 6.92 Å². The molecule has 2 aromatic carbocycles. The van der Waals surface area contributed by atoms with Crippen LogP contribution < -0.4 is 11.1 Å². The zero-order chi connectivity index (χ0) is 13.0. The van der Waals surface area contributed by atoms with Crippen molar-refractivity contribution in [1.29, 1.82) is 0 Å². The van der Waals surface area contributed by atoms with E-state index in [-0.39, 0.29) is 0 Å². The minimum absolute atomic E-state index is 0.479. The molecule has 2 nitrogen and oxygen atoms in total. The average molecular weight is 240 g/mol. The van der Waals surface area contributed by atoms with Crippen molar-refractivity contribution in [2.24, 2.45) is 0 Å². The molecule has 18 heavy (non-hydrogen) atoms. The van der Waals surface area contributed by atoms with Crippen LogP contribution >= 0.6 is 0 Å². The molecule has 2 rings (SSSR count). The van der Waals surface area contributed by atoms with Gasteiger partial charge in [0.25, 0.3) is 0 Å². The van der Waals surface area contributed by atoms with Crippen molar-refractivity contribution >= 4 is 11.4 Å². The van der Waals surface area contributed by atoms with E-state index in [0.717, 1.165) is 17.9 Å². The molecule has 0 bridgehead atoms. The van der Waals surface area contributed by atoms with E-state index in [9.17, 15) is 0 Å². The first kappa shape index (κ1) is 12.5. The number of hydrogen-bond donors (Lipinski definition) is 2. The van der Waals surface area contributed by atoms with E-state index in [1.54, 1.807) is 0 Å². The van der Waals surface area contributed by atoms with Gasteiger partial charge < -0.3 is 11.1 Å². The van der Waals surface area contributed by atoms with E-state index in [1.165, 1.54) is 11.1 Å². The highest BCUT2D eigenvalue weighted by molar-refractivity contribution is 5.59. The van der Waals surface area contributed by atoms with Gasteiger partial charge in [-0.3, -0.25) is 0 Å². The highest BCUT2D eigenvalue weighted by Crippen LogP contribution is 2.20. The van der Waals surface area contributed by atoms with Crippen molar-refractivity contribution in [3.05, 3.63) is 59.7 Å². The molecule has 0 aliphatic heterocycles. The smallest absolute Gasteiger partial charge is 0.0390 e. The van der Waals surface area contributed by atoms with Crippen molar-refractivity contribution in [2.45, 2.75) is 19.8 Å². The van der Waals surface area contributed by atoms with Gasteiger partial charge in [0, 0.05) is 17.9 Å². The number of rotatable bonds is 4. The number of aryl methyl sites for hydroxylation is 1. The fourth-order valence-electron chi connectivity index (χ4n) is 1.99.